The molecule has 4 nitrogen and oxygen atoms in total. The number of carbonyl (C=O) groups excluding carboxylic acids is 1. The van der Waals surface area contributed by atoms with E-state index >= 15 is 0 Å². The Labute approximate surface area is 204 Å². The number of amidine groups is 1. The lowest BCUT2D eigenvalue weighted by molar-refractivity contribution is -0.115. The summed E-state index contributed by atoms with van der Waals surface area (Å²) in [5.74, 6) is 1.70. The summed E-state index contributed by atoms with van der Waals surface area (Å²) in [7, 11) is 3.44. The van der Waals surface area contributed by atoms with Crippen molar-refractivity contribution in [3.05, 3.63) is 108 Å². The fourth-order valence-corrected chi connectivity index (χ4v) is 3.81. The molecule has 0 aromatic heterocycles. The Morgan fingerprint density at radius 1 is 0.941 bits per heavy atom. The topological polar surface area (TPSA) is 50.7 Å². The van der Waals surface area contributed by atoms with Crippen LogP contribution in [0.3, 0.4) is 0 Å². The van der Waals surface area contributed by atoms with Crippen LogP contribution >= 0.6 is 0 Å². The van der Waals surface area contributed by atoms with E-state index in [-0.39, 0.29) is 5.92 Å². The third kappa shape index (κ3) is 7.17. The van der Waals surface area contributed by atoms with E-state index in [1.165, 1.54) is 5.56 Å². The van der Waals surface area contributed by atoms with E-state index in [0.29, 0.717) is 0 Å². The molecule has 4 heteroatoms. The Hall–Kier alpha value is -3.66. The number of hydrogen-bond donors (Lipinski definition) is 1. The molecule has 0 fully saturated rings. The van der Waals surface area contributed by atoms with Crippen molar-refractivity contribution in [1.82, 2.24) is 5.32 Å². The van der Waals surface area contributed by atoms with E-state index in [0.717, 1.165) is 34.7 Å². The summed E-state index contributed by atoms with van der Waals surface area (Å²) in [6.07, 6.45) is 3.07. The normalized spacial score (nSPS) is 12.8. The molecule has 0 saturated heterocycles. The number of nitrogens with one attached hydrogen (secondary N) is 1. The number of allylic oxidation sites excluding steroid dienone is 1. The van der Waals surface area contributed by atoms with Gasteiger partial charge in [-0.1, -0.05) is 98.8 Å². The largest absolute Gasteiger partial charge is 0.496 e. The Bertz CT molecular complexity index is 1090. The molecule has 0 amide bonds. The third-order valence-corrected chi connectivity index (χ3v) is 5.66. The van der Waals surface area contributed by atoms with Crippen LogP contribution in [0.25, 0.3) is 5.70 Å². The molecule has 0 radical (unpaired) electrons. The lowest BCUT2D eigenvalue weighted by Crippen LogP contribution is -2.25. The zero-order valence-corrected chi connectivity index (χ0v) is 21.1. The van der Waals surface area contributed by atoms with Crippen LogP contribution in [0.5, 0.6) is 5.75 Å². The van der Waals surface area contributed by atoms with Gasteiger partial charge < -0.3 is 14.8 Å². The van der Waals surface area contributed by atoms with Gasteiger partial charge in [0, 0.05) is 29.6 Å². The smallest absolute Gasteiger partial charge is 0.126 e. The summed E-state index contributed by atoms with van der Waals surface area (Å²) in [4.78, 5) is 15.6. The van der Waals surface area contributed by atoms with E-state index in [4.69, 9.17) is 4.74 Å². The molecule has 0 aliphatic carbocycles. The Morgan fingerprint density at radius 2 is 1.50 bits per heavy atom. The van der Waals surface area contributed by atoms with Crippen LogP contribution in [-0.4, -0.2) is 26.3 Å². The maximum Gasteiger partial charge on any atom is 0.126 e. The molecule has 3 aromatic rings. The van der Waals surface area contributed by atoms with Crippen molar-refractivity contribution in [3.8, 4) is 5.75 Å². The van der Waals surface area contributed by atoms with Gasteiger partial charge in [0.05, 0.1) is 12.9 Å². The van der Waals surface area contributed by atoms with Crippen LogP contribution in [0.1, 0.15) is 50.3 Å². The lowest BCUT2D eigenvalue weighted by atomic mass is 9.72. The Kier molecular flexibility index (Phi) is 10.3. The van der Waals surface area contributed by atoms with Gasteiger partial charge in [0.2, 0.25) is 0 Å². The summed E-state index contributed by atoms with van der Waals surface area (Å²) in [5.41, 5.74) is 3.93. The van der Waals surface area contributed by atoms with Gasteiger partial charge >= 0.3 is 0 Å². The minimum absolute atomic E-state index is 0.0302. The van der Waals surface area contributed by atoms with Crippen molar-refractivity contribution in [1.29, 1.82) is 0 Å². The molecule has 178 valence electrons. The molecule has 3 aromatic carbocycles. The van der Waals surface area contributed by atoms with Gasteiger partial charge in [0.1, 0.15) is 12.0 Å². The second-order valence-corrected chi connectivity index (χ2v) is 8.53. The summed E-state index contributed by atoms with van der Waals surface area (Å²) >= 11 is 0. The fraction of sp³-hybridized carbons (Fsp3) is 0.267. The molecule has 0 heterocycles. The minimum Gasteiger partial charge on any atom is -0.496 e. The number of carbonyl (C=O) groups is 1. The second kappa shape index (κ2) is 13.1. The standard InChI is InChI=1S/C18H20O2.C12H16N2/c1-18(2,13-19)17(14-9-5-4-6-10-14)15-11-7-8-12-16(15)20-3;1-4-12(14-10(2)13-3)11-8-6-5-7-9-11/h4-13,17H,1-3H3;4-9H,1-3H3,(H,13,14)/b;12-4-. The van der Waals surface area contributed by atoms with Crippen LogP contribution in [0.4, 0.5) is 0 Å². The summed E-state index contributed by atoms with van der Waals surface area (Å²) in [6.45, 7) is 7.89. The highest BCUT2D eigenvalue weighted by molar-refractivity contribution is 5.88. The molecule has 34 heavy (non-hydrogen) atoms. The number of aliphatic imine (C=N–C) groups is 1. The molecule has 0 bridgehead atoms. The van der Waals surface area contributed by atoms with Crippen molar-refractivity contribution in [2.24, 2.45) is 10.4 Å². The van der Waals surface area contributed by atoms with Crippen molar-refractivity contribution in [3.63, 3.8) is 0 Å². The number of ether oxygens (including phenoxy) is 1. The van der Waals surface area contributed by atoms with Crippen molar-refractivity contribution < 1.29 is 9.53 Å². The van der Waals surface area contributed by atoms with Crippen LogP contribution < -0.4 is 10.1 Å². The van der Waals surface area contributed by atoms with E-state index in [1.54, 1.807) is 14.2 Å². The van der Waals surface area contributed by atoms with Gasteiger partial charge in [0.15, 0.2) is 0 Å². The van der Waals surface area contributed by atoms with Gasteiger partial charge in [0.25, 0.3) is 0 Å². The van der Waals surface area contributed by atoms with E-state index in [1.807, 2.05) is 94.4 Å². The Balaban J connectivity index is 0.000000257. The SMILES string of the molecule is C/C=C(\NC(C)=NC)c1ccccc1.COc1ccccc1C(c1ccccc1)C(C)(C)C=O. The number of benzene rings is 3. The predicted molar refractivity (Wildman–Crippen MR) is 143 cm³/mol. The van der Waals surface area contributed by atoms with Gasteiger partial charge in [-0.3, -0.25) is 4.99 Å². The average Bonchev–Trinajstić information content (AvgIpc) is 2.89. The maximum absolute atomic E-state index is 11.6. The highest BCUT2D eigenvalue weighted by Gasteiger charge is 2.33. The van der Waals surface area contributed by atoms with Crippen LogP contribution in [0, 0.1) is 5.41 Å². The summed E-state index contributed by atoms with van der Waals surface area (Å²) < 4.78 is 5.47. The molecule has 0 spiro atoms. The first-order valence-corrected chi connectivity index (χ1v) is 11.4. The quantitative estimate of drug-likeness (QED) is 0.243. The molecule has 0 aliphatic heterocycles. The van der Waals surface area contributed by atoms with Crippen LogP contribution in [0.15, 0.2) is 96.0 Å². The van der Waals surface area contributed by atoms with Crippen molar-refractivity contribution >= 4 is 17.8 Å². The highest BCUT2D eigenvalue weighted by Crippen LogP contribution is 2.42. The molecule has 1 N–H and O–H groups in total. The third-order valence-electron chi connectivity index (χ3n) is 5.66. The number of nitrogens with zero attached hydrogens (tertiary/aromatic N) is 1. The van der Waals surface area contributed by atoms with Gasteiger partial charge in [-0.2, -0.15) is 0 Å². The van der Waals surface area contributed by atoms with Crippen molar-refractivity contribution in [2.75, 3.05) is 14.2 Å². The minimum atomic E-state index is -0.504. The average molecular weight is 457 g/mol. The molecule has 0 aliphatic rings. The van der Waals surface area contributed by atoms with Gasteiger partial charge in [-0.25, -0.2) is 0 Å². The van der Waals surface area contributed by atoms with Crippen LogP contribution in [0.2, 0.25) is 0 Å². The van der Waals surface area contributed by atoms with Crippen molar-refractivity contribution in [2.45, 2.75) is 33.6 Å². The zero-order valence-electron chi connectivity index (χ0n) is 21.1. The van der Waals surface area contributed by atoms with Gasteiger partial charge in [-0.15, -0.1) is 0 Å². The highest BCUT2D eigenvalue weighted by atomic mass is 16.5. The number of hydrogen-bond acceptors (Lipinski definition) is 3. The number of rotatable bonds is 7. The predicted octanol–water partition coefficient (Wildman–Crippen LogP) is 6.74. The number of methoxy groups -OCH3 is 1. The van der Waals surface area contributed by atoms with E-state index < -0.39 is 5.41 Å². The second-order valence-electron chi connectivity index (χ2n) is 8.53. The fourth-order valence-electron chi connectivity index (χ4n) is 3.81. The van der Waals surface area contributed by atoms with E-state index in [2.05, 4.69) is 34.6 Å². The zero-order chi connectivity index (χ0) is 25.0. The lowest BCUT2D eigenvalue weighted by Gasteiger charge is -2.31. The monoisotopic (exact) mass is 456 g/mol. The first kappa shape index (κ1) is 26.6. The van der Waals surface area contributed by atoms with Crippen LogP contribution in [-0.2, 0) is 4.79 Å². The molecular weight excluding hydrogens is 420 g/mol. The van der Waals surface area contributed by atoms with E-state index in [9.17, 15) is 4.79 Å². The maximum atomic E-state index is 11.6. The first-order valence-electron chi connectivity index (χ1n) is 11.4. The molecule has 1 atom stereocenters. The summed E-state index contributed by atoms with van der Waals surface area (Å²) in [6, 6.07) is 28.2. The van der Waals surface area contributed by atoms with Gasteiger partial charge in [-0.05, 0) is 31.0 Å². The Morgan fingerprint density at radius 3 is 2.03 bits per heavy atom. The number of aldehydes is 1. The molecule has 0 saturated carbocycles. The molecule has 3 rings (SSSR count). The molecular formula is C30H36N2O2. The molecule has 1 unspecified atom stereocenters. The first-order chi connectivity index (χ1) is 16.4. The number of para-hydroxylation sites is 1. The summed E-state index contributed by atoms with van der Waals surface area (Å²) in [5, 5.41) is 3.24.